The number of carboxylic acids is 1. The Bertz CT molecular complexity index is 1770. The molecule has 11 heteroatoms. The van der Waals surface area contributed by atoms with Crippen LogP contribution in [-0.2, 0) is 24.5 Å². The molecule has 0 radical (unpaired) electrons. The van der Waals surface area contributed by atoms with Gasteiger partial charge >= 0.3 is 5.97 Å². The first kappa shape index (κ1) is 30.6. The second kappa shape index (κ2) is 13.3. The van der Waals surface area contributed by atoms with E-state index in [1.54, 1.807) is 12.1 Å². The summed E-state index contributed by atoms with van der Waals surface area (Å²) in [6.45, 7) is 3.17. The van der Waals surface area contributed by atoms with Gasteiger partial charge < -0.3 is 19.1 Å². The van der Waals surface area contributed by atoms with Crippen molar-refractivity contribution in [2.45, 2.75) is 57.9 Å². The first-order valence-electron chi connectivity index (χ1n) is 15.0. The summed E-state index contributed by atoms with van der Waals surface area (Å²) in [5, 5.41) is 18.8. The number of likely N-dealkylation sites (tertiary alicyclic amines) is 1. The van der Waals surface area contributed by atoms with Gasteiger partial charge in [0.05, 0.1) is 18.3 Å². The van der Waals surface area contributed by atoms with Crippen LogP contribution < -0.4 is 9.47 Å². The maximum absolute atomic E-state index is 14.1. The van der Waals surface area contributed by atoms with E-state index in [1.807, 2.05) is 30.3 Å². The number of pyridine rings is 1. The summed E-state index contributed by atoms with van der Waals surface area (Å²) < 4.78 is 28.2. The molecule has 232 valence electrons. The summed E-state index contributed by atoms with van der Waals surface area (Å²) in [4.78, 5) is 23.0. The Kier molecular flexibility index (Phi) is 9.01. The number of carboxylic acid groups (broad SMARTS) is 1. The minimum absolute atomic E-state index is 0.0561. The van der Waals surface area contributed by atoms with Crippen molar-refractivity contribution in [2.75, 3.05) is 13.1 Å². The van der Waals surface area contributed by atoms with Crippen LogP contribution in [0.4, 0.5) is 4.39 Å². The van der Waals surface area contributed by atoms with Gasteiger partial charge in [-0.3, -0.25) is 4.90 Å². The van der Waals surface area contributed by atoms with Gasteiger partial charge in [-0.2, -0.15) is 5.26 Å². The number of rotatable bonds is 12. The minimum Gasteiger partial charge on any atom is -0.490 e. The maximum atomic E-state index is 14.1. The number of halogens is 2. The van der Waals surface area contributed by atoms with Gasteiger partial charge in [-0.05, 0) is 79.8 Å². The smallest absolute Gasteiger partial charge is 0.328 e. The second-order valence-corrected chi connectivity index (χ2v) is 12.2. The van der Waals surface area contributed by atoms with E-state index in [1.165, 1.54) is 18.2 Å². The summed E-state index contributed by atoms with van der Waals surface area (Å²) in [6.07, 6.45) is 6.77. The average Bonchev–Trinajstić information content (AvgIpc) is 3.70. The van der Waals surface area contributed by atoms with Crippen LogP contribution in [0.3, 0.4) is 0 Å². The number of carbonyl (C=O) groups is 1. The van der Waals surface area contributed by atoms with Crippen molar-refractivity contribution in [3.8, 4) is 17.6 Å². The highest BCUT2D eigenvalue weighted by atomic mass is 35.5. The third-order valence-corrected chi connectivity index (χ3v) is 8.62. The topological polar surface area (TPSA) is 114 Å². The highest BCUT2D eigenvalue weighted by Gasteiger charge is 2.43. The van der Waals surface area contributed by atoms with Crippen LogP contribution in [0.1, 0.15) is 49.2 Å². The van der Waals surface area contributed by atoms with E-state index < -0.39 is 11.8 Å². The summed E-state index contributed by atoms with van der Waals surface area (Å²) in [5.41, 5.74) is 2.83. The van der Waals surface area contributed by atoms with Gasteiger partial charge in [0.15, 0.2) is 17.2 Å². The molecular formula is C34H33ClFN5O4. The number of hydrogen-bond acceptors (Lipinski definition) is 7. The van der Waals surface area contributed by atoms with Crippen LogP contribution in [-0.4, -0.2) is 49.7 Å². The molecule has 4 aromatic rings. The number of nitriles is 1. The van der Waals surface area contributed by atoms with Crippen molar-refractivity contribution in [2.24, 2.45) is 5.41 Å². The molecule has 1 aliphatic heterocycles. The van der Waals surface area contributed by atoms with Crippen molar-refractivity contribution in [3.63, 3.8) is 0 Å². The van der Waals surface area contributed by atoms with Gasteiger partial charge in [0.2, 0.25) is 0 Å². The first-order valence-corrected chi connectivity index (χ1v) is 15.4. The fraction of sp³-hybridized carbons (Fsp3) is 0.353. The van der Waals surface area contributed by atoms with Crippen molar-refractivity contribution in [1.29, 1.82) is 5.26 Å². The first-order chi connectivity index (χ1) is 21.8. The number of aliphatic carboxylic acids is 1. The third kappa shape index (κ3) is 7.62. The van der Waals surface area contributed by atoms with E-state index in [9.17, 15) is 14.4 Å². The zero-order valence-electron chi connectivity index (χ0n) is 24.7. The molecule has 2 aromatic heterocycles. The van der Waals surface area contributed by atoms with Gasteiger partial charge in [0.25, 0.3) is 0 Å². The fourth-order valence-electron chi connectivity index (χ4n) is 5.71. The van der Waals surface area contributed by atoms with E-state index in [0.717, 1.165) is 67.5 Å². The van der Waals surface area contributed by atoms with Crippen LogP contribution in [0.5, 0.6) is 11.5 Å². The quantitative estimate of drug-likeness (QED) is 0.174. The molecule has 6 rings (SSSR count). The zero-order valence-corrected chi connectivity index (χ0v) is 25.4. The Morgan fingerprint density at radius 3 is 2.71 bits per heavy atom. The SMILES string of the molecule is N#CCC1(Cn2c(CN3CCC(Oc4cccc(COc5ccc(Cl)cc5F)c4)CC3)nc3ccc(/C=C/C(=O)O)nc32)CC1. The Labute approximate surface area is 265 Å². The largest absolute Gasteiger partial charge is 0.490 e. The number of nitrogens with zero attached hydrogens (tertiary/aromatic N) is 5. The summed E-state index contributed by atoms with van der Waals surface area (Å²) in [5.74, 6) is 0.261. The second-order valence-electron chi connectivity index (χ2n) is 11.8. The Balaban J connectivity index is 1.09. The van der Waals surface area contributed by atoms with Crippen LogP contribution in [0, 0.1) is 22.6 Å². The number of aromatic nitrogens is 3. The number of piperidine rings is 1. The molecule has 1 aliphatic carbocycles. The molecule has 0 bridgehead atoms. The lowest BCUT2D eigenvalue weighted by molar-refractivity contribution is -0.131. The van der Waals surface area contributed by atoms with Crippen molar-refractivity contribution in [3.05, 3.63) is 88.6 Å². The number of fused-ring (bicyclic) bond motifs is 1. The van der Waals surface area contributed by atoms with Crippen molar-refractivity contribution in [1.82, 2.24) is 19.4 Å². The number of imidazole rings is 1. The molecule has 9 nitrogen and oxygen atoms in total. The van der Waals surface area contributed by atoms with Gasteiger partial charge in [0, 0.05) is 42.6 Å². The fourth-order valence-corrected chi connectivity index (χ4v) is 5.87. The lowest BCUT2D eigenvalue weighted by Crippen LogP contribution is -2.38. The number of hydrogen-bond donors (Lipinski definition) is 1. The van der Waals surface area contributed by atoms with E-state index in [-0.39, 0.29) is 23.9 Å². The molecule has 1 N–H and O–H groups in total. The Morgan fingerprint density at radius 2 is 1.98 bits per heavy atom. The normalized spacial score (nSPS) is 16.6. The summed E-state index contributed by atoms with van der Waals surface area (Å²) in [6, 6.07) is 18.0. The third-order valence-electron chi connectivity index (χ3n) is 8.38. The van der Waals surface area contributed by atoms with Crippen molar-refractivity contribution >= 4 is 34.8 Å². The van der Waals surface area contributed by atoms with E-state index >= 15 is 0 Å². The molecule has 1 saturated carbocycles. The molecule has 2 aromatic carbocycles. The minimum atomic E-state index is -1.03. The number of ether oxygens (including phenoxy) is 2. The number of benzene rings is 2. The monoisotopic (exact) mass is 629 g/mol. The molecule has 0 amide bonds. The highest BCUT2D eigenvalue weighted by molar-refractivity contribution is 6.30. The van der Waals surface area contributed by atoms with E-state index in [0.29, 0.717) is 35.9 Å². The van der Waals surface area contributed by atoms with Crippen LogP contribution in [0.15, 0.2) is 60.7 Å². The van der Waals surface area contributed by atoms with E-state index in [4.69, 9.17) is 36.1 Å². The van der Waals surface area contributed by atoms with Gasteiger partial charge in [-0.1, -0.05) is 23.7 Å². The maximum Gasteiger partial charge on any atom is 0.328 e. The predicted octanol–water partition coefficient (Wildman–Crippen LogP) is 6.64. The molecule has 1 saturated heterocycles. The van der Waals surface area contributed by atoms with Gasteiger partial charge in [-0.15, -0.1) is 0 Å². The lowest BCUT2D eigenvalue weighted by atomic mass is 10.0. The zero-order chi connectivity index (χ0) is 31.4. The molecule has 0 atom stereocenters. The molecule has 45 heavy (non-hydrogen) atoms. The highest BCUT2D eigenvalue weighted by Crippen LogP contribution is 2.50. The van der Waals surface area contributed by atoms with Crippen LogP contribution in [0.2, 0.25) is 5.02 Å². The van der Waals surface area contributed by atoms with Crippen molar-refractivity contribution < 1.29 is 23.8 Å². The average molecular weight is 630 g/mol. The van der Waals surface area contributed by atoms with Gasteiger partial charge in [-0.25, -0.2) is 19.2 Å². The standard InChI is InChI=1S/C34H33ClFN5O4/c35-24-4-8-30(28(36)19-24)44-21-23-2-1-3-27(18-23)45-26-10-16-40(17-11-26)20-31-39-29-7-5-25(6-9-32(42)43)38-33(29)41(31)22-34(12-13-34)14-15-37/h1-9,18-19,26H,10-14,16-17,20-22H2,(H,42,43)/b9-6+. The summed E-state index contributed by atoms with van der Waals surface area (Å²) in [7, 11) is 0. The molecule has 2 fully saturated rings. The molecule has 2 aliphatic rings. The van der Waals surface area contributed by atoms with Crippen LogP contribution >= 0.6 is 11.6 Å². The Morgan fingerprint density at radius 1 is 1.16 bits per heavy atom. The predicted molar refractivity (Wildman–Crippen MR) is 167 cm³/mol. The van der Waals surface area contributed by atoms with Gasteiger partial charge in [0.1, 0.15) is 29.8 Å². The molecule has 3 heterocycles. The molecule has 0 spiro atoms. The van der Waals surface area contributed by atoms with E-state index in [2.05, 4.69) is 15.5 Å². The lowest BCUT2D eigenvalue weighted by Gasteiger charge is -2.32. The summed E-state index contributed by atoms with van der Waals surface area (Å²) >= 11 is 5.83. The Hall–Kier alpha value is -4.46. The molecule has 0 unspecified atom stereocenters. The molecular weight excluding hydrogens is 597 g/mol. The van der Waals surface area contributed by atoms with Crippen LogP contribution in [0.25, 0.3) is 17.2 Å².